The number of carbonyl (C=O) groups excluding carboxylic acids is 1. The third kappa shape index (κ3) is 11.1. The monoisotopic (exact) mass is 411 g/mol. The van der Waals surface area contributed by atoms with E-state index in [4.69, 9.17) is 0 Å². The fourth-order valence-electron chi connectivity index (χ4n) is 2.10. The predicted molar refractivity (Wildman–Crippen MR) is 96.0 cm³/mol. The van der Waals surface area contributed by atoms with Crippen molar-refractivity contribution in [1.82, 2.24) is 5.32 Å². The summed E-state index contributed by atoms with van der Waals surface area (Å²) < 4.78 is 0. The van der Waals surface area contributed by atoms with Gasteiger partial charge in [-0.05, 0) is 13.3 Å². The summed E-state index contributed by atoms with van der Waals surface area (Å²) in [6, 6.07) is 0. The molecule has 0 aromatic carbocycles. The van der Waals surface area contributed by atoms with Gasteiger partial charge in [0.25, 0.3) is 0 Å². The number of rotatable bonds is 13. The van der Waals surface area contributed by atoms with Gasteiger partial charge in [-0.3, -0.25) is 4.79 Å². The molecule has 0 saturated carbocycles. The van der Waals surface area contributed by atoms with Crippen molar-refractivity contribution >= 4 is 37.8 Å². The standard InChI is InChI=1S/C16H31Br2NO/c1-3-4-5-6-7-8-9-10-11-12-15(20)19-16(2,13-17)14-18/h3-14H2,1-2H3,(H,19,20). The van der Waals surface area contributed by atoms with Gasteiger partial charge in [0.2, 0.25) is 5.91 Å². The summed E-state index contributed by atoms with van der Waals surface area (Å²) in [7, 11) is 0. The second-order valence-electron chi connectivity index (χ2n) is 5.95. The molecule has 0 aliphatic rings. The van der Waals surface area contributed by atoms with Gasteiger partial charge in [0.15, 0.2) is 0 Å². The van der Waals surface area contributed by atoms with Crippen LogP contribution in [0.1, 0.15) is 78.1 Å². The van der Waals surface area contributed by atoms with E-state index < -0.39 is 0 Å². The summed E-state index contributed by atoms with van der Waals surface area (Å²) in [6.07, 6.45) is 12.3. The van der Waals surface area contributed by atoms with Gasteiger partial charge in [-0.2, -0.15) is 0 Å². The highest BCUT2D eigenvalue weighted by atomic mass is 79.9. The molecule has 0 atom stereocenters. The minimum Gasteiger partial charge on any atom is -0.349 e. The zero-order valence-corrected chi connectivity index (χ0v) is 16.3. The number of halogens is 2. The van der Waals surface area contributed by atoms with Crippen LogP contribution in [0.3, 0.4) is 0 Å². The third-order valence-corrected chi connectivity index (χ3v) is 6.01. The largest absolute Gasteiger partial charge is 0.349 e. The van der Waals surface area contributed by atoms with Crippen molar-refractivity contribution in [1.29, 1.82) is 0 Å². The highest BCUT2D eigenvalue weighted by Crippen LogP contribution is 2.13. The minimum absolute atomic E-state index is 0.170. The first-order valence-electron chi connectivity index (χ1n) is 8.01. The van der Waals surface area contributed by atoms with Gasteiger partial charge < -0.3 is 5.32 Å². The molecule has 0 saturated heterocycles. The number of hydrogen-bond donors (Lipinski definition) is 1. The summed E-state index contributed by atoms with van der Waals surface area (Å²) in [5.41, 5.74) is -0.170. The van der Waals surface area contributed by atoms with Crippen molar-refractivity contribution in [3.63, 3.8) is 0 Å². The van der Waals surface area contributed by atoms with Crippen LogP contribution in [0.15, 0.2) is 0 Å². The molecule has 0 aromatic rings. The molecule has 0 aromatic heterocycles. The van der Waals surface area contributed by atoms with Gasteiger partial charge in [0, 0.05) is 17.1 Å². The van der Waals surface area contributed by atoms with E-state index in [2.05, 4.69) is 44.1 Å². The van der Waals surface area contributed by atoms with E-state index in [1.165, 1.54) is 51.4 Å². The van der Waals surface area contributed by atoms with Gasteiger partial charge >= 0.3 is 0 Å². The SMILES string of the molecule is CCCCCCCCCCCC(=O)NC(C)(CBr)CBr. The average Bonchev–Trinajstić information content (AvgIpc) is 2.45. The predicted octanol–water partition coefficient (Wildman–Crippen LogP) is 5.57. The molecule has 0 radical (unpaired) electrons. The number of carbonyl (C=O) groups is 1. The molecule has 20 heavy (non-hydrogen) atoms. The lowest BCUT2D eigenvalue weighted by Crippen LogP contribution is -2.48. The van der Waals surface area contributed by atoms with Crippen molar-refractivity contribution in [2.75, 3.05) is 10.7 Å². The van der Waals surface area contributed by atoms with Crippen molar-refractivity contribution < 1.29 is 4.79 Å². The molecule has 0 bridgehead atoms. The number of amides is 1. The number of alkyl halides is 2. The molecule has 0 unspecified atom stereocenters. The van der Waals surface area contributed by atoms with Crippen LogP contribution >= 0.6 is 31.9 Å². The quantitative estimate of drug-likeness (QED) is 0.310. The Morgan fingerprint density at radius 3 is 1.80 bits per heavy atom. The first-order chi connectivity index (χ1) is 9.58. The lowest BCUT2D eigenvalue weighted by molar-refractivity contribution is -0.122. The van der Waals surface area contributed by atoms with Crippen molar-refractivity contribution in [2.45, 2.75) is 83.6 Å². The number of hydrogen-bond acceptors (Lipinski definition) is 1. The summed E-state index contributed by atoms with van der Waals surface area (Å²) >= 11 is 6.89. The molecule has 0 aliphatic heterocycles. The molecule has 2 nitrogen and oxygen atoms in total. The first kappa shape index (κ1) is 20.4. The Balaban J connectivity index is 3.44. The van der Waals surface area contributed by atoms with E-state index >= 15 is 0 Å². The summed E-state index contributed by atoms with van der Waals surface area (Å²) in [5, 5.41) is 4.63. The van der Waals surface area contributed by atoms with Gasteiger partial charge in [0.1, 0.15) is 0 Å². The van der Waals surface area contributed by atoms with Gasteiger partial charge in [-0.25, -0.2) is 0 Å². The van der Waals surface area contributed by atoms with Crippen molar-refractivity contribution in [3.05, 3.63) is 0 Å². The first-order valence-corrected chi connectivity index (χ1v) is 10.2. The van der Waals surface area contributed by atoms with Gasteiger partial charge in [0.05, 0.1) is 5.54 Å². The second-order valence-corrected chi connectivity index (χ2v) is 7.08. The topological polar surface area (TPSA) is 29.1 Å². The fraction of sp³-hybridized carbons (Fsp3) is 0.938. The van der Waals surface area contributed by atoms with Crippen LogP contribution in [0, 0.1) is 0 Å². The lowest BCUT2D eigenvalue weighted by Gasteiger charge is -2.26. The minimum atomic E-state index is -0.170. The summed E-state index contributed by atoms with van der Waals surface area (Å²) in [5.74, 6) is 0.175. The average molecular weight is 413 g/mol. The molecule has 0 heterocycles. The van der Waals surface area contributed by atoms with Crippen molar-refractivity contribution in [3.8, 4) is 0 Å². The highest BCUT2D eigenvalue weighted by molar-refractivity contribution is 9.09. The Kier molecular flexibility index (Phi) is 13.4. The summed E-state index contributed by atoms with van der Waals surface area (Å²) in [4.78, 5) is 11.8. The number of unbranched alkanes of at least 4 members (excludes halogenated alkanes) is 8. The fourth-order valence-corrected chi connectivity index (χ4v) is 3.31. The van der Waals surface area contributed by atoms with Crippen LogP contribution in [-0.4, -0.2) is 22.1 Å². The van der Waals surface area contributed by atoms with E-state index in [1.807, 2.05) is 6.92 Å². The van der Waals surface area contributed by atoms with E-state index in [0.29, 0.717) is 6.42 Å². The lowest BCUT2D eigenvalue weighted by atomic mass is 10.1. The Labute approximate surface area is 142 Å². The van der Waals surface area contributed by atoms with Crippen LogP contribution in [0.2, 0.25) is 0 Å². The normalized spacial score (nSPS) is 11.6. The molecule has 1 N–H and O–H groups in total. The highest BCUT2D eigenvalue weighted by Gasteiger charge is 2.23. The van der Waals surface area contributed by atoms with Gasteiger partial charge in [-0.1, -0.05) is 90.2 Å². The van der Waals surface area contributed by atoms with Crippen LogP contribution in [0.4, 0.5) is 0 Å². The Morgan fingerprint density at radius 1 is 0.900 bits per heavy atom. The van der Waals surface area contributed by atoms with Crippen LogP contribution < -0.4 is 5.32 Å². The Morgan fingerprint density at radius 2 is 1.35 bits per heavy atom. The van der Waals surface area contributed by atoms with Crippen molar-refractivity contribution in [2.24, 2.45) is 0 Å². The van der Waals surface area contributed by atoms with E-state index in [1.54, 1.807) is 0 Å². The van der Waals surface area contributed by atoms with E-state index in [0.717, 1.165) is 17.1 Å². The van der Waals surface area contributed by atoms with Crippen LogP contribution in [0.5, 0.6) is 0 Å². The van der Waals surface area contributed by atoms with E-state index in [9.17, 15) is 4.79 Å². The summed E-state index contributed by atoms with van der Waals surface area (Å²) in [6.45, 7) is 4.30. The molecule has 0 fully saturated rings. The zero-order valence-electron chi connectivity index (χ0n) is 13.1. The maximum Gasteiger partial charge on any atom is 0.220 e. The van der Waals surface area contributed by atoms with Crippen LogP contribution in [-0.2, 0) is 4.79 Å². The zero-order chi connectivity index (χ0) is 15.3. The molecule has 0 aliphatic carbocycles. The van der Waals surface area contributed by atoms with E-state index in [-0.39, 0.29) is 11.4 Å². The third-order valence-electron chi connectivity index (χ3n) is 3.54. The molecule has 1 amide bonds. The second kappa shape index (κ2) is 13.1. The Bertz CT molecular complexity index is 243. The molecular formula is C16H31Br2NO. The Hall–Kier alpha value is 0.430. The van der Waals surface area contributed by atoms with Gasteiger partial charge in [-0.15, -0.1) is 0 Å². The molecule has 4 heteroatoms. The van der Waals surface area contributed by atoms with Crippen LogP contribution in [0.25, 0.3) is 0 Å². The maximum atomic E-state index is 11.8. The number of nitrogens with one attached hydrogen (secondary N) is 1. The molecule has 120 valence electrons. The smallest absolute Gasteiger partial charge is 0.220 e. The molecule has 0 spiro atoms. The molecule has 0 rings (SSSR count). The molecular weight excluding hydrogens is 382 g/mol. The maximum absolute atomic E-state index is 11.8.